The first-order chi connectivity index (χ1) is 17.7. The fourth-order valence-electron chi connectivity index (χ4n) is 5.78. The number of fused-ring (bicyclic) bond motifs is 3. The van der Waals surface area contributed by atoms with E-state index in [0.717, 1.165) is 12.3 Å². The van der Waals surface area contributed by atoms with Crippen LogP contribution in [0.1, 0.15) is 49.9 Å². The van der Waals surface area contributed by atoms with Gasteiger partial charge in [-0.25, -0.2) is 13.2 Å². The summed E-state index contributed by atoms with van der Waals surface area (Å²) in [5.41, 5.74) is 0.0507. The smallest absolute Gasteiger partial charge is 0.341 e. The van der Waals surface area contributed by atoms with Gasteiger partial charge in [-0.05, 0) is 75.1 Å². The van der Waals surface area contributed by atoms with Crippen LogP contribution in [-0.2, 0) is 19.6 Å². The van der Waals surface area contributed by atoms with Crippen molar-refractivity contribution in [3.63, 3.8) is 0 Å². The first kappa shape index (κ1) is 25.4. The summed E-state index contributed by atoms with van der Waals surface area (Å²) in [7, 11) is -4.05. The van der Waals surface area contributed by atoms with E-state index in [1.54, 1.807) is 12.1 Å². The molecule has 10 heteroatoms. The van der Waals surface area contributed by atoms with Crippen LogP contribution in [0.5, 0.6) is 11.5 Å². The molecule has 37 heavy (non-hydrogen) atoms. The Bertz CT molecular complexity index is 1300. The highest BCUT2D eigenvalue weighted by Crippen LogP contribution is 2.49. The lowest BCUT2D eigenvalue weighted by atomic mass is 9.84. The maximum atomic E-state index is 13.1. The molecule has 0 unspecified atom stereocenters. The molecule has 1 aliphatic heterocycles. The van der Waals surface area contributed by atoms with E-state index >= 15 is 0 Å². The van der Waals surface area contributed by atoms with Crippen LogP contribution < -0.4 is 19.5 Å². The van der Waals surface area contributed by atoms with E-state index in [0.29, 0.717) is 36.5 Å². The predicted molar refractivity (Wildman–Crippen MR) is 136 cm³/mol. The van der Waals surface area contributed by atoms with Crippen molar-refractivity contribution in [1.29, 1.82) is 0 Å². The lowest BCUT2D eigenvalue weighted by Crippen LogP contribution is -2.45. The summed E-state index contributed by atoms with van der Waals surface area (Å²) in [5, 5.41) is 3.01. The van der Waals surface area contributed by atoms with Crippen molar-refractivity contribution in [2.75, 3.05) is 17.9 Å². The van der Waals surface area contributed by atoms with Gasteiger partial charge in [-0.15, -0.1) is 0 Å². The zero-order valence-electron chi connectivity index (χ0n) is 20.9. The molecule has 9 nitrogen and oxygen atoms in total. The molecule has 3 aliphatic rings. The van der Waals surface area contributed by atoms with Crippen molar-refractivity contribution in [2.45, 2.75) is 56.6 Å². The average Bonchev–Trinajstić information content (AvgIpc) is 3.52. The van der Waals surface area contributed by atoms with Crippen LogP contribution >= 0.6 is 0 Å². The molecular formula is C27H32N2O7S. The second-order valence-electron chi connectivity index (χ2n) is 10.1. The second-order valence-corrected chi connectivity index (χ2v) is 11.8. The normalized spacial score (nSPS) is 23.7. The number of carbonyl (C=O) groups excluding carboxylic acids is 2. The molecule has 1 amide bonds. The zero-order chi connectivity index (χ0) is 26.2. The highest BCUT2D eigenvalue weighted by Gasteiger charge is 2.42. The number of sulfonamides is 1. The molecule has 198 valence electrons. The Morgan fingerprint density at radius 2 is 1.76 bits per heavy atom. The number of anilines is 1. The van der Waals surface area contributed by atoms with E-state index in [-0.39, 0.29) is 28.1 Å². The van der Waals surface area contributed by atoms with E-state index in [1.165, 1.54) is 56.5 Å². The quantitative estimate of drug-likeness (QED) is 0.501. The molecule has 0 radical (unpaired) electrons. The predicted octanol–water partition coefficient (Wildman–Crippen LogP) is 3.74. The van der Waals surface area contributed by atoms with Gasteiger partial charge in [0.2, 0.25) is 0 Å². The lowest BCUT2D eigenvalue weighted by Gasteiger charge is -2.29. The van der Waals surface area contributed by atoms with Crippen LogP contribution in [-0.4, -0.2) is 45.7 Å². The first-order valence-corrected chi connectivity index (χ1v) is 14.2. The van der Waals surface area contributed by atoms with Gasteiger partial charge in [0.15, 0.2) is 17.6 Å². The maximum Gasteiger partial charge on any atom is 0.341 e. The molecule has 0 spiro atoms. The maximum absolute atomic E-state index is 13.1. The van der Waals surface area contributed by atoms with Gasteiger partial charge in [-0.2, -0.15) is 0 Å². The number of hydrogen-bond acceptors (Lipinski definition) is 7. The fourth-order valence-corrected chi connectivity index (χ4v) is 6.87. The zero-order valence-corrected chi connectivity index (χ0v) is 21.8. The van der Waals surface area contributed by atoms with Gasteiger partial charge in [0.1, 0.15) is 13.2 Å². The lowest BCUT2D eigenvalue weighted by molar-refractivity contribution is -0.130. The first-order valence-electron chi connectivity index (χ1n) is 12.7. The number of nitrogens with one attached hydrogen (secondary N) is 2. The monoisotopic (exact) mass is 528 g/mol. The van der Waals surface area contributed by atoms with Crippen molar-refractivity contribution >= 4 is 27.6 Å². The number of rotatable bonds is 8. The summed E-state index contributed by atoms with van der Waals surface area (Å²) in [4.78, 5) is 25.7. The Hall–Kier alpha value is -3.27. The molecule has 0 saturated heterocycles. The van der Waals surface area contributed by atoms with Gasteiger partial charge < -0.3 is 19.5 Å². The Morgan fingerprint density at radius 3 is 2.49 bits per heavy atom. The standard InChI is InChI=1S/C27H32N2O7S/c1-16(22-14-18-7-8-19(22)13-18)28-26(30)17(2)36-27(31)21-5-3-4-6-23(21)29-37(32,33)20-9-10-24-25(15-20)35-12-11-34-24/h3-6,9-10,15-19,22,29H,7-8,11-14H2,1-2H3,(H,28,30)/t16-,17+,18+,19+,22+/m0/s1. The summed E-state index contributed by atoms with van der Waals surface area (Å²) in [6, 6.07) is 10.4. The van der Waals surface area contributed by atoms with Crippen LogP contribution in [0.2, 0.25) is 0 Å². The second kappa shape index (κ2) is 10.2. The highest BCUT2D eigenvalue weighted by molar-refractivity contribution is 7.92. The third kappa shape index (κ3) is 5.39. The SMILES string of the molecule is C[C@H](NC(=O)[C@@H](C)OC(=O)c1ccccc1NS(=O)(=O)c1ccc2c(c1)OCCO2)[C@H]1C[C@@H]2CC[C@@H]1C2. The van der Waals surface area contributed by atoms with Crippen molar-refractivity contribution in [3.8, 4) is 11.5 Å². The number of esters is 1. The van der Waals surface area contributed by atoms with Gasteiger partial charge >= 0.3 is 5.97 Å². The Kier molecular flexibility index (Phi) is 7.02. The third-order valence-corrected chi connectivity index (χ3v) is 9.04. The van der Waals surface area contributed by atoms with Crippen LogP contribution in [0.15, 0.2) is 47.4 Å². The summed E-state index contributed by atoms with van der Waals surface area (Å²) in [5.74, 6) is 1.53. The molecule has 5 atom stereocenters. The number of hydrogen-bond donors (Lipinski definition) is 2. The van der Waals surface area contributed by atoms with Gasteiger partial charge in [0.25, 0.3) is 15.9 Å². The molecule has 2 bridgehead atoms. The summed E-state index contributed by atoms with van der Waals surface area (Å²) < 4.78 is 45.0. The van der Waals surface area contributed by atoms with E-state index in [9.17, 15) is 18.0 Å². The highest BCUT2D eigenvalue weighted by atomic mass is 32.2. The molecule has 2 N–H and O–H groups in total. The molecule has 2 aromatic carbocycles. The third-order valence-electron chi connectivity index (χ3n) is 7.67. The van der Waals surface area contributed by atoms with Gasteiger partial charge in [0, 0.05) is 12.1 Å². The molecule has 5 rings (SSSR count). The molecule has 0 aromatic heterocycles. The van der Waals surface area contributed by atoms with Gasteiger partial charge in [-0.3, -0.25) is 9.52 Å². The van der Waals surface area contributed by atoms with E-state index in [1.807, 2.05) is 6.92 Å². The topological polar surface area (TPSA) is 120 Å². The van der Waals surface area contributed by atoms with Gasteiger partial charge in [0.05, 0.1) is 16.1 Å². The number of para-hydroxylation sites is 1. The van der Waals surface area contributed by atoms with Crippen molar-refractivity contribution in [3.05, 3.63) is 48.0 Å². The number of carbonyl (C=O) groups is 2. The molecule has 1 heterocycles. The summed E-state index contributed by atoms with van der Waals surface area (Å²) in [6.07, 6.45) is 3.86. The van der Waals surface area contributed by atoms with Crippen LogP contribution in [0.3, 0.4) is 0 Å². The minimum atomic E-state index is -4.05. The molecular weight excluding hydrogens is 496 g/mol. The Labute approximate surface area is 216 Å². The van der Waals surface area contributed by atoms with Crippen molar-refractivity contribution in [1.82, 2.24) is 5.32 Å². The number of amides is 1. The minimum absolute atomic E-state index is 0.00409. The van der Waals surface area contributed by atoms with Crippen molar-refractivity contribution < 1.29 is 32.2 Å². The van der Waals surface area contributed by atoms with E-state index < -0.39 is 22.1 Å². The van der Waals surface area contributed by atoms with Crippen LogP contribution in [0.25, 0.3) is 0 Å². The Morgan fingerprint density at radius 1 is 1.00 bits per heavy atom. The van der Waals surface area contributed by atoms with Crippen LogP contribution in [0, 0.1) is 17.8 Å². The molecule has 2 aliphatic carbocycles. The van der Waals surface area contributed by atoms with Crippen LogP contribution in [0.4, 0.5) is 5.69 Å². The summed E-state index contributed by atoms with van der Waals surface area (Å²) in [6.45, 7) is 4.25. The Balaban J connectivity index is 1.24. The molecule has 2 aromatic rings. The molecule has 2 fully saturated rings. The minimum Gasteiger partial charge on any atom is -0.486 e. The molecule has 2 saturated carbocycles. The summed E-state index contributed by atoms with van der Waals surface area (Å²) >= 11 is 0. The number of ether oxygens (including phenoxy) is 3. The largest absolute Gasteiger partial charge is 0.486 e. The average molecular weight is 529 g/mol. The number of benzene rings is 2. The van der Waals surface area contributed by atoms with Crippen molar-refractivity contribution in [2.24, 2.45) is 17.8 Å². The van der Waals surface area contributed by atoms with E-state index in [2.05, 4.69) is 10.0 Å². The fraction of sp³-hybridized carbons (Fsp3) is 0.481. The van der Waals surface area contributed by atoms with E-state index in [4.69, 9.17) is 14.2 Å². The van der Waals surface area contributed by atoms with Gasteiger partial charge in [-0.1, -0.05) is 18.6 Å².